The number of hydrogen-bond donors (Lipinski definition) is 1. The van der Waals surface area contributed by atoms with Gasteiger partial charge in [-0.1, -0.05) is 30.3 Å². The third-order valence-corrected chi connectivity index (χ3v) is 5.16. The predicted molar refractivity (Wildman–Crippen MR) is 103 cm³/mol. The average Bonchev–Trinajstić information content (AvgIpc) is 3.39. The van der Waals surface area contributed by atoms with Crippen LogP contribution in [-0.2, 0) is 17.4 Å². The molecule has 7 heteroatoms. The summed E-state index contributed by atoms with van der Waals surface area (Å²) in [5, 5.41) is 7.25. The van der Waals surface area contributed by atoms with E-state index < -0.39 is 11.7 Å². The first kappa shape index (κ1) is 19.2. The Bertz CT molecular complexity index is 981. The summed E-state index contributed by atoms with van der Waals surface area (Å²) < 4.78 is 39.7. The van der Waals surface area contributed by atoms with E-state index >= 15 is 0 Å². The second-order valence-corrected chi connectivity index (χ2v) is 7.24. The summed E-state index contributed by atoms with van der Waals surface area (Å²) in [6.45, 7) is 0.496. The van der Waals surface area contributed by atoms with Crippen LogP contribution in [0.15, 0.2) is 67.0 Å². The molecule has 4 nitrogen and oxygen atoms in total. The van der Waals surface area contributed by atoms with E-state index in [1.807, 2.05) is 36.5 Å². The first-order valence-corrected chi connectivity index (χ1v) is 9.45. The first-order valence-electron chi connectivity index (χ1n) is 9.45. The molecule has 1 aliphatic rings. The highest BCUT2D eigenvalue weighted by atomic mass is 19.4. The van der Waals surface area contributed by atoms with Gasteiger partial charge in [0.1, 0.15) is 0 Å². The lowest BCUT2D eigenvalue weighted by atomic mass is 10.1. The number of halogens is 3. The van der Waals surface area contributed by atoms with Gasteiger partial charge in [-0.2, -0.15) is 18.3 Å². The summed E-state index contributed by atoms with van der Waals surface area (Å²) >= 11 is 0. The van der Waals surface area contributed by atoms with Gasteiger partial charge in [0, 0.05) is 18.7 Å². The Morgan fingerprint density at radius 2 is 1.83 bits per heavy atom. The summed E-state index contributed by atoms with van der Waals surface area (Å²) in [7, 11) is 0. The van der Waals surface area contributed by atoms with Gasteiger partial charge in [-0.05, 0) is 54.2 Å². The molecule has 0 saturated heterocycles. The SMILES string of the molecule is O=C(NCCc1cnn(-c2ccccc2)c1)C1CC1c1ccc(C(F)(F)F)cc1. The molecule has 0 aliphatic heterocycles. The number of aromatic nitrogens is 2. The summed E-state index contributed by atoms with van der Waals surface area (Å²) in [5.41, 5.74) is 2.10. The van der Waals surface area contributed by atoms with Crippen molar-refractivity contribution in [1.82, 2.24) is 15.1 Å². The normalized spacial score (nSPS) is 18.4. The zero-order valence-corrected chi connectivity index (χ0v) is 15.6. The lowest BCUT2D eigenvalue weighted by Gasteiger charge is -2.08. The summed E-state index contributed by atoms with van der Waals surface area (Å²) in [4.78, 5) is 12.3. The van der Waals surface area contributed by atoms with Crippen LogP contribution in [0.5, 0.6) is 0 Å². The fourth-order valence-electron chi connectivity index (χ4n) is 3.44. The molecule has 0 spiro atoms. The van der Waals surface area contributed by atoms with E-state index in [1.54, 1.807) is 10.9 Å². The standard InChI is InChI=1S/C22H20F3N3O/c23-22(24,25)17-8-6-16(7-9-17)19-12-20(19)21(29)26-11-10-15-13-27-28(14-15)18-4-2-1-3-5-18/h1-9,13-14,19-20H,10-12H2,(H,26,29). The second-order valence-electron chi connectivity index (χ2n) is 7.24. The summed E-state index contributed by atoms with van der Waals surface area (Å²) in [6.07, 6.45) is 0.706. The van der Waals surface area contributed by atoms with Crippen molar-refractivity contribution in [1.29, 1.82) is 0 Å². The molecule has 0 bridgehead atoms. The van der Waals surface area contributed by atoms with Crippen molar-refractivity contribution in [3.8, 4) is 5.69 Å². The number of nitrogens with zero attached hydrogens (tertiary/aromatic N) is 2. The largest absolute Gasteiger partial charge is 0.416 e. The number of para-hydroxylation sites is 1. The maximum atomic E-state index is 12.6. The van der Waals surface area contributed by atoms with Crippen LogP contribution in [0.25, 0.3) is 5.69 Å². The second kappa shape index (κ2) is 7.73. The monoisotopic (exact) mass is 399 g/mol. The summed E-state index contributed by atoms with van der Waals surface area (Å²) in [5.74, 6) is -0.220. The Morgan fingerprint density at radius 3 is 2.52 bits per heavy atom. The van der Waals surface area contributed by atoms with E-state index in [4.69, 9.17) is 0 Å². The topological polar surface area (TPSA) is 46.9 Å². The number of hydrogen-bond acceptors (Lipinski definition) is 2. The van der Waals surface area contributed by atoms with Gasteiger partial charge < -0.3 is 5.32 Å². The van der Waals surface area contributed by atoms with Gasteiger partial charge in [-0.25, -0.2) is 4.68 Å². The van der Waals surface area contributed by atoms with Crippen LogP contribution in [-0.4, -0.2) is 22.2 Å². The van der Waals surface area contributed by atoms with Gasteiger partial charge in [0.2, 0.25) is 5.91 Å². The molecule has 1 fully saturated rings. The highest BCUT2D eigenvalue weighted by Gasteiger charge is 2.44. The van der Waals surface area contributed by atoms with E-state index in [0.29, 0.717) is 19.4 Å². The van der Waals surface area contributed by atoms with E-state index in [0.717, 1.165) is 28.9 Å². The van der Waals surface area contributed by atoms with Crippen molar-refractivity contribution in [2.45, 2.75) is 24.9 Å². The molecule has 2 aromatic carbocycles. The molecule has 1 aliphatic carbocycles. The Labute approximate surface area is 166 Å². The molecular formula is C22H20F3N3O. The van der Waals surface area contributed by atoms with Crippen LogP contribution in [0.1, 0.15) is 29.0 Å². The zero-order valence-electron chi connectivity index (χ0n) is 15.6. The van der Waals surface area contributed by atoms with Gasteiger partial charge in [0.05, 0.1) is 17.4 Å². The maximum Gasteiger partial charge on any atom is 0.416 e. The Morgan fingerprint density at radius 1 is 1.10 bits per heavy atom. The van der Waals surface area contributed by atoms with Crippen molar-refractivity contribution in [2.24, 2.45) is 5.92 Å². The fourth-order valence-corrected chi connectivity index (χ4v) is 3.44. The zero-order chi connectivity index (χ0) is 20.4. The smallest absolute Gasteiger partial charge is 0.356 e. The highest BCUT2D eigenvalue weighted by molar-refractivity contribution is 5.82. The molecule has 1 N–H and O–H groups in total. The Hall–Kier alpha value is -3.09. The maximum absolute atomic E-state index is 12.6. The van der Waals surface area contributed by atoms with Gasteiger partial charge in [-0.3, -0.25) is 4.79 Å². The third-order valence-electron chi connectivity index (χ3n) is 5.16. The Kier molecular flexibility index (Phi) is 5.13. The van der Waals surface area contributed by atoms with Gasteiger partial charge in [0.15, 0.2) is 0 Å². The molecule has 29 heavy (non-hydrogen) atoms. The van der Waals surface area contributed by atoms with Crippen molar-refractivity contribution in [2.75, 3.05) is 6.54 Å². The highest BCUT2D eigenvalue weighted by Crippen LogP contribution is 2.47. The van der Waals surface area contributed by atoms with Crippen LogP contribution < -0.4 is 5.32 Å². The van der Waals surface area contributed by atoms with Crippen LogP contribution in [0.3, 0.4) is 0 Å². The van der Waals surface area contributed by atoms with Gasteiger partial charge in [0.25, 0.3) is 0 Å². The number of rotatable bonds is 6. The molecule has 4 rings (SSSR count). The van der Waals surface area contributed by atoms with Crippen LogP contribution in [0.2, 0.25) is 0 Å². The number of amides is 1. The number of alkyl halides is 3. The first-order chi connectivity index (χ1) is 13.9. The molecule has 1 aromatic heterocycles. The lowest BCUT2D eigenvalue weighted by molar-refractivity contribution is -0.137. The van der Waals surface area contributed by atoms with E-state index in [-0.39, 0.29) is 17.7 Å². The number of nitrogens with one attached hydrogen (secondary N) is 1. The fraction of sp³-hybridized carbons (Fsp3) is 0.273. The van der Waals surface area contributed by atoms with E-state index in [2.05, 4.69) is 10.4 Å². The molecule has 3 aromatic rings. The molecular weight excluding hydrogens is 379 g/mol. The van der Waals surface area contributed by atoms with E-state index in [1.165, 1.54) is 12.1 Å². The molecule has 2 unspecified atom stereocenters. The van der Waals surface area contributed by atoms with Crippen molar-refractivity contribution >= 4 is 5.91 Å². The minimum atomic E-state index is -4.34. The molecule has 2 atom stereocenters. The molecule has 1 saturated carbocycles. The minimum absolute atomic E-state index is 0.00175. The Balaban J connectivity index is 1.26. The lowest BCUT2D eigenvalue weighted by Crippen LogP contribution is -2.27. The van der Waals surface area contributed by atoms with Crippen LogP contribution in [0, 0.1) is 5.92 Å². The third kappa shape index (κ3) is 4.50. The van der Waals surface area contributed by atoms with E-state index in [9.17, 15) is 18.0 Å². The van der Waals surface area contributed by atoms with Crippen molar-refractivity contribution in [3.05, 3.63) is 83.7 Å². The summed E-state index contributed by atoms with van der Waals surface area (Å²) in [6, 6.07) is 14.9. The number of benzene rings is 2. The molecule has 1 amide bonds. The molecule has 0 radical (unpaired) electrons. The number of carbonyl (C=O) groups is 1. The molecule has 1 heterocycles. The van der Waals surface area contributed by atoms with Gasteiger partial charge in [-0.15, -0.1) is 0 Å². The minimum Gasteiger partial charge on any atom is -0.356 e. The average molecular weight is 399 g/mol. The van der Waals surface area contributed by atoms with Crippen LogP contribution >= 0.6 is 0 Å². The molecule has 150 valence electrons. The van der Waals surface area contributed by atoms with Gasteiger partial charge >= 0.3 is 6.18 Å². The number of carbonyl (C=O) groups excluding carboxylic acids is 1. The van der Waals surface area contributed by atoms with Crippen molar-refractivity contribution < 1.29 is 18.0 Å². The quantitative estimate of drug-likeness (QED) is 0.670. The van der Waals surface area contributed by atoms with Crippen LogP contribution in [0.4, 0.5) is 13.2 Å². The predicted octanol–water partition coefficient (Wildman–Crippen LogP) is 4.35. The van der Waals surface area contributed by atoms with Crippen molar-refractivity contribution in [3.63, 3.8) is 0 Å².